The number of ketones is 16. The Kier molecular flexibility index (Phi) is 46.9. The molecular formula is C111H96Cl4O24S5. The zero-order chi connectivity index (χ0) is 104. The number of phenolic OH excluding ortho intramolecular Hbond substituents is 1. The molecule has 0 atom stereocenters. The number of aromatic hydroxyl groups is 1. The van der Waals surface area contributed by atoms with Gasteiger partial charge in [0.1, 0.15) is 26.4 Å². The first-order valence-corrected chi connectivity index (χ1v) is 50.2. The van der Waals surface area contributed by atoms with E-state index in [-0.39, 0.29) is 212 Å². The first kappa shape index (κ1) is 113. The molecule has 24 nitrogen and oxygen atoms in total. The molecule has 33 heteroatoms. The summed E-state index contributed by atoms with van der Waals surface area (Å²) in [4.78, 5) is 192. The Bertz CT molecular complexity index is 6680. The lowest BCUT2D eigenvalue weighted by Crippen LogP contribution is -2.05. The second kappa shape index (κ2) is 59.6. The van der Waals surface area contributed by atoms with E-state index >= 15 is 0 Å². The average molecular weight is 2120 g/mol. The van der Waals surface area contributed by atoms with Gasteiger partial charge in [0.25, 0.3) is 0 Å². The summed E-state index contributed by atoms with van der Waals surface area (Å²) < 4.78 is 36.7. The minimum Gasteiger partial charge on any atom is -0.507 e. The van der Waals surface area contributed by atoms with Gasteiger partial charge in [-0.25, -0.2) is 0 Å². The molecular weight excluding hydrogens is 2020 g/mol. The van der Waals surface area contributed by atoms with Crippen LogP contribution in [0, 0.1) is 27.7 Å². The first-order valence-electron chi connectivity index (χ1n) is 44.6. The number of furan rings is 6. The predicted octanol–water partition coefficient (Wildman–Crippen LogP) is 29.7. The van der Waals surface area contributed by atoms with Crippen LogP contribution in [0.15, 0.2) is 318 Å². The first-order chi connectivity index (χ1) is 69.2. The van der Waals surface area contributed by atoms with Gasteiger partial charge in [-0.15, -0.1) is 56.7 Å². The van der Waals surface area contributed by atoms with Crippen molar-refractivity contribution in [2.75, 3.05) is 7.11 Å². The van der Waals surface area contributed by atoms with Crippen molar-refractivity contribution in [2.24, 2.45) is 0 Å². The lowest BCUT2D eigenvalue weighted by Gasteiger charge is -2.06. The van der Waals surface area contributed by atoms with E-state index in [1.165, 1.54) is 107 Å². The van der Waals surface area contributed by atoms with Gasteiger partial charge in [-0.1, -0.05) is 149 Å². The topological polar surface area (TPSA) is 381 Å². The molecule has 0 fully saturated rings. The van der Waals surface area contributed by atoms with E-state index in [1.807, 2.05) is 106 Å². The van der Waals surface area contributed by atoms with Crippen molar-refractivity contribution < 1.29 is 113 Å². The van der Waals surface area contributed by atoms with E-state index in [2.05, 4.69) is 0 Å². The molecule has 0 aliphatic rings. The van der Waals surface area contributed by atoms with Crippen LogP contribution >= 0.6 is 103 Å². The number of para-hydroxylation sites is 1. The van der Waals surface area contributed by atoms with Crippen molar-refractivity contribution in [3.05, 3.63) is 418 Å². The molecule has 16 rings (SSSR count). The molecule has 16 aromatic rings. The quantitative estimate of drug-likeness (QED) is 0.0348. The number of ether oxygens (including phenoxy) is 1. The van der Waals surface area contributed by atoms with Crippen LogP contribution in [0.2, 0.25) is 17.3 Å². The largest absolute Gasteiger partial charge is 0.507 e. The molecule has 0 saturated heterocycles. The highest BCUT2D eigenvalue weighted by molar-refractivity contribution is 7.20. The third-order valence-electron chi connectivity index (χ3n) is 20.6. The smallest absolute Gasteiger partial charge is 0.198 e. The Morgan fingerprint density at radius 2 is 0.660 bits per heavy atom. The van der Waals surface area contributed by atoms with Crippen LogP contribution in [-0.4, -0.2) is 105 Å². The maximum Gasteiger partial charge on any atom is 0.198 e. The molecule has 742 valence electrons. The third-order valence-corrected chi connectivity index (χ3v) is 26.6. The molecule has 144 heavy (non-hydrogen) atoms. The molecule has 11 aromatic heterocycles. The Labute approximate surface area is 869 Å². The van der Waals surface area contributed by atoms with Crippen LogP contribution in [0.4, 0.5) is 0 Å². The number of carbonyl (C=O) groups is 16. The Morgan fingerprint density at radius 1 is 0.278 bits per heavy atom. The summed E-state index contributed by atoms with van der Waals surface area (Å²) in [5, 5.41) is 11.4. The maximum absolute atomic E-state index is 12.0. The molecule has 0 radical (unpaired) electrons. The van der Waals surface area contributed by atoms with Gasteiger partial charge in [0.05, 0.1) is 79.1 Å². The Morgan fingerprint density at radius 3 is 1.02 bits per heavy atom. The average Bonchev–Trinajstić information content (AvgIpc) is 1.68. The van der Waals surface area contributed by atoms with Gasteiger partial charge in [0, 0.05) is 146 Å². The van der Waals surface area contributed by atoms with Gasteiger partial charge in [0.2, 0.25) is 0 Å². The number of hydrogen-bond acceptors (Lipinski definition) is 29. The van der Waals surface area contributed by atoms with Crippen LogP contribution in [-0.2, 0) is 0 Å². The number of thiophene rings is 5. The number of Topliss-reactive ketones (excluding diaryl/α,β-unsaturated/α-hetero) is 16. The molecule has 5 aromatic carbocycles. The second-order valence-corrected chi connectivity index (χ2v) is 39.3. The summed E-state index contributed by atoms with van der Waals surface area (Å²) in [7, 11) is 1.59. The molecule has 0 aliphatic heterocycles. The van der Waals surface area contributed by atoms with E-state index in [4.69, 9.17) is 77.6 Å². The molecule has 0 amide bonds. The molecule has 11 heterocycles. The van der Waals surface area contributed by atoms with Crippen LogP contribution in [0.5, 0.6) is 11.5 Å². The van der Waals surface area contributed by atoms with E-state index in [0.29, 0.717) is 89.1 Å². The zero-order valence-electron chi connectivity index (χ0n) is 78.4. The number of rotatable bonds is 41. The monoisotopic (exact) mass is 2110 g/mol. The second-order valence-electron chi connectivity index (χ2n) is 31.2. The lowest BCUT2D eigenvalue weighted by atomic mass is 10.0. The van der Waals surface area contributed by atoms with Crippen molar-refractivity contribution in [3.63, 3.8) is 0 Å². The van der Waals surface area contributed by atoms with Crippen molar-refractivity contribution in [1.29, 1.82) is 0 Å². The fraction of sp³-hybridized carbons (Fsp3) is 0.189. The van der Waals surface area contributed by atoms with E-state index in [9.17, 15) is 81.8 Å². The van der Waals surface area contributed by atoms with Crippen LogP contribution in [0.25, 0.3) is 0 Å². The SMILES string of the molecule is COc1ccc(C(=O)CCC(=O)c2ccco2)cc1C.Cc1cc(C(=O)CCC(=O)c2cc(Cl)sc2Cl)c(Cl)s1.Cc1ccc(C(=O)CCC(=O)c2ccc(Cl)s2)s1.Cc1cccc(C(=O)CCC(=O)c2ccco2)c1.O=C(CCC(=O)c1ccccc1O)c1ccco1.O=C(CCC(=O)c1ccco1)c1ccccc1.O=C(CCC(=O)c1cccs1)c1ccco1.O=C(CCC(=O)c1ccoc1)c1ccccc1. The van der Waals surface area contributed by atoms with Crippen LogP contribution < -0.4 is 4.74 Å². The predicted molar refractivity (Wildman–Crippen MR) is 556 cm³/mol. The van der Waals surface area contributed by atoms with E-state index in [0.717, 1.165) is 42.8 Å². The molecule has 0 bridgehead atoms. The van der Waals surface area contributed by atoms with E-state index < -0.39 is 0 Å². The molecule has 0 aliphatic carbocycles. The normalized spacial score (nSPS) is 10.3. The minimum atomic E-state index is -0.256. The van der Waals surface area contributed by atoms with Gasteiger partial charge >= 0.3 is 0 Å². The highest BCUT2D eigenvalue weighted by Crippen LogP contribution is 2.34. The number of halogens is 4. The van der Waals surface area contributed by atoms with Gasteiger partial charge < -0.3 is 36.3 Å². The fourth-order valence-corrected chi connectivity index (χ4v) is 18.4. The number of benzene rings is 5. The zero-order valence-corrected chi connectivity index (χ0v) is 85.5. The number of phenols is 1. The highest BCUT2D eigenvalue weighted by Gasteiger charge is 2.24. The number of aryl methyl sites for hydroxylation is 4. The lowest BCUT2D eigenvalue weighted by molar-refractivity contribution is 0.0901. The molecule has 0 spiro atoms. The van der Waals surface area contributed by atoms with Crippen molar-refractivity contribution in [2.45, 2.75) is 130 Å². The van der Waals surface area contributed by atoms with Gasteiger partial charge in [0.15, 0.2) is 121 Å². The third kappa shape index (κ3) is 37.9. The summed E-state index contributed by atoms with van der Waals surface area (Å²) in [6, 6.07) is 68.7. The van der Waals surface area contributed by atoms with E-state index in [1.54, 1.807) is 159 Å². The van der Waals surface area contributed by atoms with Crippen molar-refractivity contribution in [1.82, 2.24) is 0 Å². The molecule has 1 N–H and O–H groups in total. The number of carbonyl (C=O) groups excluding carboxylic acids is 16. The number of hydrogen-bond donors (Lipinski definition) is 1. The standard InChI is InChI=1S/C16H16O4.C15H14O3.C14H12O4.2C14H12O3.C13H9Cl3O2S2.C13H11ClO2S2.C12H10O3S/c1-11-10-12(5-8-15(11)19-2)13(17)6-7-14(18)16-4-3-9-20-16;1-11-4-2-5-12(10-11)13(16)7-8-14(17)15-6-3-9-18-15;15-11-5-2-1-4-10(11)12(16)7-8-13(17)14-6-3-9-18-14;15-12(11-5-2-1-3-6-11)8-9-13(16)14-7-4-10-17-14;15-13(11-4-2-1-3-5-11)6-7-14(16)12-8-9-17-10-12;1-6-4-7(12(15)19-6)9(17)2-3-10(18)8-5-11(14)20-13(8)16;1-8-2-5-11(17-8)9(15)3-4-10(16)12-6-7-13(14)18-12;13-9(11-3-1-7-15-11)5-6-10(14)12-4-2-8-16-12/h3-5,8-10H,6-7H2,1-2H3;2-6,9-10H,7-8H2,1H3;1-6,9,15H,7-8H2;1-7,10H,8-9H2;1-5,8-10H,6-7H2;4-5H,2-3H2,1H3;2,5-7H,3-4H2,1H3;1-4,7-8H,5-6H2. The summed E-state index contributed by atoms with van der Waals surface area (Å²) in [6.45, 7) is 7.65. The van der Waals surface area contributed by atoms with Crippen molar-refractivity contribution >= 4 is 196 Å². The minimum absolute atomic E-state index is 0.00917. The van der Waals surface area contributed by atoms with Crippen molar-refractivity contribution in [3.8, 4) is 11.5 Å². The maximum atomic E-state index is 12.0. The Hall–Kier alpha value is -14.2. The highest BCUT2D eigenvalue weighted by atomic mass is 35.5. The molecule has 0 saturated carbocycles. The van der Waals surface area contributed by atoms with Gasteiger partial charge in [-0.05, 0) is 184 Å². The summed E-state index contributed by atoms with van der Waals surface area (Å²) in [6.07, 6.45) is 12.9. The van der Waals surface area contributed by atoms with Gasteiger partial charge in [-0.3, -0.25) is 76.7 Å². The fourth-order valence-electron chi connectivity index (χ4n) is 13.1. The van der Waals surface area contributed by atoms with Crippen LogP contribution in [0.3, 0.4) is 0 Å². The van der Waals surface area contributed by atoms with Gasteiger partial charge in [-0.2, -0.15) is 0 Å². The summed E-state index contributed by atoms with van der Waals surface area (Å²) in [5.41, 5.74) is 6.09. The molecule has 0 unspecified atom stereocenters. The Balaban J connectivity index is 0.000000184. The summed E-state index contributed by atoms with van der Waals surface area (Å²) in [5.74, 6) is 0.653. The number of methoxy groups -OCH3 is 1. The van der Waals surface area contributed by atoms with Crippen LogP contribution in [0.1, 0.15) is 288 Å². The summed E-state index contributed by atoms with van der Waals surface area (Å²) >= 11 is 30.1.